The van der Waals surface area contributed by atoms with Crippen molar-refractivity contribution in [3.05, 3.63) is 66.9 Å². The van der Waals surface area contributed by atoms with Gasteiger partial charge >= 0.3 is 0 Å². The Hall–Kier alpha value is -2.63. The molecule has 2 aromatic carbocycles. The maximum Gasteiger partial charge on any atom is 0.127 e. The van der Waals surface area contributed by atoms with Crippen LogP contribution in [0.4, 0.5) is 0 Å². The summed E-state index contributed by atoms with van der Waals surface area (Å²) in [5, 5.41) is 4.92. The van der Waals surface area contributed by atoms with Gasteiger partial charge in [-0.3, -0.25) is 9.58 Å². The molecule has 5 heteroatoms. The number of ether oxygens (including phenoxy) is 1. The molecule has 1 saturated heterocycles. The fourth-order valence-corrected chi connectivity index (χ4v) is 4.89. The normalized spacial score (nSPS) is 23.0. The Morgan fingerprint density at radius 1 is 0.742 bits per heavy atom. The second-order valence-electron chi connectivity index (χ2n) is 8.92. The summed E-state index contributed by atoms with van der Waals surface area (Å²) in [4.78, 5) is 5.15. The third-order valence-corrected chi connectivity index (χ3v) is 6.83. The number of rotatable bonds is 5. The highest BCUT2D eigenvalue weighted by molar-refractivity contribution is 5.59. The predicted molar refractivity (Wildman–Crippen MR) is 125 cm³/mol. The largest absolute Gasteiger partial charge is 0.457 e. The van der Waals surface area contributed by atoms with Crippen molar-refractivity contribution in [2.24, 2.45) is 0 Å². The van der Waals surface area contributed by atoms with Gasteiger partial charge in [0, 0.05) is 44.0 Å². The zero-order chi connectivity index (χ0) is 21.0. The topological polar surface area (TPSA) is 33.5 Å². The van der Waals surface area contributed by atoms with E-state index in [1.54, 1.807) is 0 Å². The van der Waals surface area contributed by atoms with Crippen molar-refractivity contribution in [2.45, 2.75) is 37.8 Å². The first-order valence-corrected chi connectivity index (χ1v) is 11.6. The first kappa shape index (κ1) is 20.3. The first-order valence-electron chi connectivity index (χ1n) is 11.6. The van der Waals surface area contributed by atoms with Crippen LogP contribution in [0.3, 0.4) is 0 Å². The Morgan fingerprint density at radius 2 is 1.39 bits per heavy atom. The van der Waals surface area contributed by atoms with Crippen molar-refractivity contribution in [1.29, 1.82) is 0 Å². The van der Waals surface area contributed by atoms with Crippen LogP contribution in [0, 0.1) is 0 Å². The number of likely N-dealkylation sites (N-methyl/N-ethyl adjacent to an activating group) is 1. The van der Waals surface area contributed by atoms with Gasteiger partial charge in [-0.2, -0.15) is 5.10 Å². The van der Waals surface area contributed by atoms with Crippen molar-refractivity contribution < 1.29 is 4.74 Å². The number of nitrogens with zero attached hydrogens (tertiary/aromatic N) is 4. The van der Waals surface area contributed by atoms with Gasteiger partial charge in [-0.05, 0) is 75.2 Å². The average Bonchev–Trinajstić information content (AvgIpc) is 3.31. The van der Waals surface area contributed by atoms with Gasteiger partial charge in [-0.15, -0.1) is 0 Å². The highest BCUT2D eigenvalue weighted by Gasteiger charge is 2.28. The second-order valence-corrected chi connectivity index (χ2v) is 8.92. The molecule has 0 radical (unpaired) electrons. The quantitative estimate of drug-likeness (QED) is 0.581. The number of benzene rings is 2. The monoisotopic (exact) mass is 416 g/mol. The molecule has 0 bridgehead atoms. The van der Waals surface area contributed by atoms with E-state index in [1.165, 1.54) is 51.9 Å². The Balaban J connectivity index is 1.18. The van der Waals surface area contributed by atoms with Crippen LogP contribution in [0.15, 0.2) is 66.9 Å². The van der Waals surface area contributed by atoms with Crippen LogP contribution in [-0.2, 0) is 0 Å². The van der Waals surface area contributed by atoms with E-state index in [1.807, 2.05) is 42.5 Å². The third kappa shape index (κ3) is 4.83. The SMILES string of the molecule is CN1CCN(C2CCC(n3ccc(-c4ccc(Oc5ccccc5)cc4)n3)CC2)CC1. The smallest absolute Gasteiger partial charge is 0.127 e. The molecule has 162 valence electrons. The molecule has 2 heterocycles. The summed E-state index contributed by atoms with van der Waals surface area (Å²) in [5.41, 5.74) is 2.16. The van der Waals surface area contributed by atoms with E-state index >= 15 is 0 Å². The maximum atomic E-state index is 5.90. The minimum atomic E-state index is 0.526. The number of hydrogen-bond donors (Lipinski definition) is 0. The van der Waals surface area contributed by atoms with E-state index in [-0.39, 0.29) is 0 Å². The predicted octanol–water partition coefficient (Wildman–Crippen LogP) is 5.07. The summed E-state index contributed by atoms with van der Waals surface area (Å²) in [5.74, 6) is 1.70. The van der Waals surface area contributed by atoms with E-state index in [2.05, 4.69) is 45.9 Å². The molecule has 2 fully saturated rings. The number of hydrogen-bond acceptors (Lipinski definition) is 4. The van der Waals surface area contributed by atoms with Gasteiger partial charge in [0.1, 0.15) is 11.5 Å². The van der Waals surface area contributed by atoms with Crippen LogP contribution in [0.1, 0.15) is 31.7 Å². The molecule has 3 aromatic rings. The summed E-state index contributed by atoms with van der Waals surface area (Å²) in [6, 6.07) is 21.5. The van der Waals surface area contributed by atoms with Gasteiger partial charge in [0.2, 0.25) is 0 Å². The van der Waals surface area contributed by atoms with E-state index in [4.69, 9.17) is 9.84 Å². The van der Waals surface area contributed by atoms with Crippen molar-refractivity contribution in [2.75, 3.05) is 33.2 Å². The molecule has 0 amide bonds. The molecular weight excluding hydrogens is 384 g/mol. The standard InChI is InChI=1S/C26H32N4O/c1-28-17-19-29(20-18-28)22-9-11-23(12-10-22)30-16-15-26(27-30)21-7-13-25(14-8-21)31-24-5-3-2-4-6-24/h2-8,13-16,22-23H,9-12,17-20H2,1H3. The van der Waals surface area contributed by atoms with Crippen LogP contribution in [-0.4, -0.2) is 58.8 Å². The number of aromatic nitrogens is 2. The second kappa shape index (κ2) is 9.25. The molecule has 0 atom stereocenters. The van der Waals surface area contributed by atoms with Gasteiger partial charge < -0.3 is 9.64 Å². The molecule has 1 aromatic heterocycles. The first-order chi connectivity index (χ1) is 15.2. The molecule has 1 aliphatic heterocycles. The number of para-hydroxylation sites is 1. The number of piperazine rings is 1. The van der Waals surface area contributed by atoms with E-state index < -0.39 is 0 Å². The van der Waals surface area contributed by atoms with E-state index in [0.29, 0.717) is 6.04 Å². The molecule has 5 rings (SSSR count). The summed E-state index contributed by atoms with van der Waals surface area (Å²) in [6.07, 6.45) is 7.18. The lowest BCUT2D eigenvalue weighted by Crippen LogP contribution is -2.49. The van der Waals surface area contributed by atoms with Crippen LogP contribution in [0.2, 0.25) is 0 Å². The Morgan fingerprint density at radius 3 is 2.10 bits per heavy atom. The molecule has 1 saturated carbocycles. The van der Waals surface area contributed by atoms with Crippen LogP contribution in [0.25, 0.3) is 11.3 Å². The third-order valence-electron chi connectivity index (χ3n) is 6.83. The summed E-state index contributed by atoms with van der Waals surface area (Å²) < 4.78 is 8.10. The molecule has 31 heavy (non-hydrogen) atoms. The lowest BCUT2D eigenvalue weighted by Gasteiger charge is -2.41. The molecular formula is C26H32N4O. The summed E-state index contributed by atoms with van der Waals surface area (Å²) >= 11 is 0. The lowest BCUT2D eigenvalue weighted by molar-refractivity contribution is 0.0811. The van der Waals surface area contributed by atoms with Crippen molar-refractivity contribution in [3.8, 4) is 22.8 Å². The van der Waals surface area contributed by atoms with Gasteiger partial charge in [0.25, 0.3) is 0 Å². The Bertz CT molecular complexity index is 953. The van der Waals surface area contributed by atoms with Gasteiger partial charge in [-0.25, -0.2) is 0 Å². The molecule has 2 aliphatic rings. The molecule has 0 N–H and O–H groups in total. The fourth-order valence-electron chi connectivity index (χ4n) is 4.89. The van der Waals surface area contributed by atoms with Crippen LogP contribution < -0.4 is 4.74 Å². The highest BCUT2D eigenvalue weighted by Crippen LogP contribution is 2.32. The zero-order valence-electron chi connectivity index (χ0n) is 18.4. The molecule has 1 aliphatic carbocycles. The van der Waals surface area contributed by atoms with Crippen molar-refractivity contribution in [3.63, 3.8) is 0 Å². The van der Waals surface area contributed by atoms with Gasteiger partial charge in [0.05, 0.1) is 11.7 Å². The summed E-state index contributed by atoms with van der Waals surface area (Å²) in [7, 11) is 2.23. The minimum Gasteiger partial charge on any atom is -0.457 e. The van der Waals surface area contributed by atoms with Gasteiger partial charge in [-0.1, -0.05) is 18.2 Å². The van der Waals surface area contributed by atoms with Gasteiger partial charge in [0.15, 0.2) is 0 Å². The minimum absolute atomic E-state index is 0.526. The van der Waals surface area contributed by atoms with E-state index in [9.17, 15) is 0 Å². The molecule has 0 spiro atoms. The van der Waals surface area contributed by atoms with Crippen LogP contribution in [0.5, 0.6) is 11.5 Å². The Kier molecular flexibility index (Phi) is 6.05. The van der Waals surface area contributed by atoms with Crippen molar-refractivity contribution in [1.82, 2.24) is 19.6 Å². The molecule has 5 nitrogen and oxygen atoms in total. The fraction of sp³-hybridized carbons (Fsp3) is 0.423. The average molecular weight is 417 g/mol. The molecule has 0 unspecified atom stereocenters. The zero-order valence-corrected chi connectivity index (χ0v) is 18.4. The Labute approximate surface area is 185 Å². The van der Waals surface area contributed by atoms with Crippen LogP contribution >= 0.6 is 0 Å². The van der Waals surface area contributed by atoms with Crippen molar-refractivity contribution >= 4 is 0 Å². The maximum absolute atomic E-state index is 5.90. The lowest BCUT2D eigenvalue weighted by atomic mass is 9.90. The summed E-state index contributed by atoms with van der Waals surface area (Å²) in [6.45, 7) is 4.86. The highest BCUT2D eigenvalue weighted by atomic mass is 16.5. The van der Waals surface area contributed by atoms with E-state index in [0.717, 1.165) is 28.8 Å².